The molecule has 0 aliphatic heterocycles. The fourth-order valence-electron chi connectivity index (χ4n) is 2.36. The molecule has 0 radical (unpaired) electrons. The third-order valence-electron chi connectivity index (χ3n) is 3.50. The fourth-order valence-corrected chi connectivity index (χ4v) is 2.36. The number of hydrogen-bond acceptors (Lipinski definition) is 3. The minimum atomic E-state index is -0.277. The summed E-state index contributed by atoms with van der Waals surface area (Å²) in [5.74, 6) is 0.411. The quantitative estimate of drug-likeness (QED) is 0.455. The topological polar surface area (TPSA) is 38.3 Å². The summed E-state index contributed by atoms with van der Waals surface area (Å²) in [5, 5.41) is 3.45. The minimum absolute atomic E-state index is 0.277. The van der Waals surface area contributed by atoms with E-state index in [9.17, 15) is 4.79 Å². The van der Waals surface area contributed by atoms with Crippen molar-refractivity contribution in [3.8, 4) is 0 Å². The van der Waals surface area contributed by atoms with E-state index in [0.29, 0.717) is 30.7 Å². The first-order valence-corrected chi connectivity index (χ1v) is 6.73. The number of ether oxygens (including phenoxy) is 1. The Labute approximate surface area is 105 Å². The number of carbonyl (C=O) groups excluding carboxylic acids is 1. The van der Waals surface area contributed by atoms with Crippen LogP contribution in [0.1, 0.15) is 46.0 Å². The Kier molecular flexibility index (Phi) is 6.27. The van der Waals surface area contributed by atoms with Gasteiger partial charge in [0.25, 0.3) is 0 Å². The molecule has 0 spiro atoms. The van der Waals surface area contributed by atoms with Gasteiger partial charge in [0.05, 0.1) is 6.61 Å². The molecular formula is C14H25NO2. The first-order chi connectivity index (χ1) is 8.15. The van der Waals surface area contributed by atoms with E-state index in [0.717, 1.165) is 0 Å². The fraction of sp³-hybridized carbons (Fsp3) is 0.786. The summed E-state index contributed by atoms with van der Waals surface area (Å²) in [6.07, 6.45) is 6.44. The van der Waals surface area contributed by atoms with Crippen molar-refractivity contribution >= 4 is 5.97 Å². The van der Waals surface area contributed by atoms with Gasteiger partial charge in [-0.1, -0.05) is 32.8 Å². The van der Waals surface area contributed by atoms with Crippen LogP contribution in [0.5, 0.6) is 0 Å². The molecule has 0 aromatic carbocycles. The highest BCUT2D eigenvalue weighted by Crippen LogP contribution is 2.22. The molecule has 98 valence electrons. The Balaban J connectivity index is 2.33. The average Bonchev–Trinajstić information content (AvgIpc) is 2.51. The lowest BCUT2D eigenvalue weighted by Gasteiger charge is -2.23. The lowest BCUT2D eigenvalue weighted by atomic mass is 9.97. The van der Waals surface area contributed by atoms with Gasteiger partial charge in [-0.25, -0.2) is 4.79 Å². The van der Waals surface area contributed by atoms with Crippen molar-refractivity contribution < 1.29 is 9.53 Å². The molecule has 0 heterocycles. The Morgan fingerprint density at radius 1 is 1.35 bits per heavy atom. The Hall–Kier alpha value is -0.830. The number of hydrogen-bond donors (Lipinski definition) is 1. The highest BCUT2D eigenvalue weighted by molar-refractivity contribution is 5.88. The lowest BCUT2D eigenvalue weighted by Crippen LogP contribution is -2.36. The molecule has 1 aliphatic rings. The monoisotopic (exact) mass is 239 g/mol. The normalized spacial score (nSPS) is 25.1. The van der Waals surface area contributed by atoms with Crippen LogP contribution in [0, 0.1) is 5.92 Å². The van der Waals surface area contributed by atoms with Gasteiger partial charge >= 0.3 is 5.97 Å². The van der Waals surface area contributed by atoms with E-state index in [4.69, 9.17) is 4.74 Å². The first kappa shape index (κ1) is 14.2. The van der Waals surface area contributed by atoms with E-state index in [1.165, 1.54) is 32.1 Å². The van der Waals surface area contributed by atoms with Gasteiger partial charge in [0.1, 0.15) is 0 Å². The van der Waals surface area contributed by atoms with Crippen molar-refractivity contribution in [2.75, 3.05) is 13.2 Å². The van der Waals surface area contributed by atoms with Crippen molar-refractivity contribution in [1.29, 1.82) is 0 Å². The molecule has 2 atom stereocenters. The molecule has 0 amide bonds. The molecule has 3 heteroatoms. The molecular weight excluding hydrogens is 214 g/mol. The summed E-state index contributed by atoms with van der Waals surface area (Å²) < 4.78 is 4.92. The van der Waals surface area contributed by atoms with Gasteiger partial charge in [-0.15, -0.1) is 0 Å². The molecule has 0 aromatic rings. The van der Waals surface area contributed by atoms with Gasteiger partial charge in [0.15, 0.2) is 0 Å². The summed E-state index contributed by atoms with van der Waals surface area (Å²) >= 11 is 0. The molecule has 17 heavy (non-hydrogen) atoms. The number of rotatable bonds is 5. The molecule has 3 nitrogen and oxygen atoms in total. The second-order valence-electron chi connectivity index (χ2n) is 4.93. The van der Waals surface area contributed by atoms with E-state index >= 15 is 0 Å². The minimum Gasteiger partial charge on any atom is -0.463 e. The van der Waals surface area contributed by atoms with E-state index in [1.54, 1.807) is 0 Å². The SMILES string of the molecule is C=C(CNC1CCCCCC1C)C(=O)OCC. The van der Waals surface area contributed by atoms with Crippen LogP contribution in [-0.4, -0.2) is 25.2 Å². The predicted molar refractivity (Wildman–Crippen MR) is 69.8 cm³/mol. The van der Waals surface area contributed by atoms with E-state index < -0.39 is 0 Å². The van der Waals surface area contributed by atoms with Gasteiger partial charge in [-0.05, 0) is 25.7 Å². The average molecular weight is 239 g/mol. The number of carbonyl (C=O) groups is 1. The summed E-state index contributed by atoms with van der Waals surface area (Å²) in [5.41, 5.74) is 0.531. The Morgan fingerprint density at radius 3 is 2.76 bits per heavy atom. The Bertz CT molecular complexity index is 263. The van der Waals surface area contributed by atoms with Crippen molar-refractivity contribution in [2.24, 2.45) is 5.92 Å². The standard InChI is InChI=1S/C14H25NO2/c1-4-17-14(16)12(3)10-15-13-9-7-5-6-8-11(13)2/h11,13,15H,3-10H2,1-2H3. The number of esters is 1. The van der Waals surface area contributed by atoms with Crippen LogP contribution in [0.4, 0.5) is 0 Å². The van der Waals surface area contributed by atoms with Gasteiger partial charge in [0.2, 0.25) is 0 Å². The molecule has 1 N–H and O–H groups in total. The molecule has 1 aliphatic carbocycles. The molecule has 0 aromatic heterocycles. The zero-order valence-corrected chi connectivity index (χ0v) is 11.1. The molecule has 1 fully saturated rings. The van der Waals surface area contributed by atoms with Gasteiger partial charge in [-0.2, -0.15) is 0 Å². The molecule has 0 saturated heterocycles. The smallest absolute Gasteiger partial charge is 0.334 e. The van der Waals surface area contributed by atoms with E-state index in [1.807, 2.05) is 6.92 Å². The maximum atomic E-state index is 11.4. The Morgan fingerprint density at radius 2 is 2.06 bits per heavy atom. The summed E-state index contributed by atoms with van der Waals surface area (Å²) in [4.78, 5) is 11.4. The van der Waals surface area contributed by atoms with Gasteiger partial charge in [0, 0.05) is 18.2 Å². The van der Waals surface area contributed by atoms with Gasteiger partial charge < -0.3 is 10.1 Å². The highest BCUT2D eigenvalue weighted by Gasteiger charge is 2.20. The third-order valence-corrected chi connectivity index (χ3v) is 3.50. The molecule has 1 saturated carbocycles. The maximum absolute atomic E-state index is 11.4. The van der Waals surface area contributed by atoms with Crippen LogP contribution in [0.3, 0.4) is 0 Å². The van der Waals surface area contributed by atoms with Crippen molar-refractivity contribution in [2.45, 2.75) is 52.0 Å². The molecule has 1 rings (SSSR count). The van der Waals surface area contributed by atoms with Gasteiger partial charge in [-0.3, -0.25) is 0 Å². The van der Waals surface area contributed by atoms with E-state index in [-0.39, 0.29) is 5.97 Å². The number of nitrogens with one attached hydrogen (secondary N) is 1. The van der Waals surface area contributed by atoms with Crippen molar-refractivity contribution in [1.82, 2.24) is 5.32 Å². The van der Waals surface area contributed by atoms with E-state index in [2.05, 4.69) is 18.8 Å². The predicted octanol–water partition coefficient (Wildman–Crippen LogP) is 2.66. The van der Waals surface area contributed by atoms with Crippen LogP contribution in [-0.2, 0) is 9.53 Å². The zero-order valence-electron chi connectivity index (χ0n) is 11.1. The lowest BCUT2D eigenvalue weighted by molar-refractivity contribution is -0.138. The van der Waals surface area contributed by atoms with Crippen molar-refractivity contribution in [3.05, 3.63) is 12.2 Å². The van der Waals surface area contributed by atoms with Crippen molar-refractivity contribution in [3.63, 3.8) is 0 Å². The zero-order chi connectivity index (χ0) is 12.7. The summed E-state index contributed by atoms with van der Waals surface area (Å²) in [6.45, 7) is 8.83. The van der Waals surface area contributed by atoms with Crippen LogP contribution in [0.2, 0.25) is 0 Å². The second-order valence-corrected chi connectivity index (χ2v) is 4.93. The second kappa shape index (κ2) is 7.49. The molecule has 0 bridgehead atoms. The van der Waals surface area contributed by atoms with Crippen LogP contribution < -0.4 is 5.32 Å². The molecule has 2 unspecified atom stereocenters. The summed E-state index contributed by atoms with van der Waals surface area (Å²) in [6, 6.07) is 0.517. The van der Waals surface area contributed by atoms with Crippen LogP contribution in [0.15, 0.2) is 12.2 Å². The largest absolute Gasteiger partial charge is 0.463 e. The maximum Gasteiger partial charge on any atom is 0.334 e. The van der Waals surface area contributed by atoms with Crippen LogP contribution in [0.25, 0.3) is 0 Å². The first-order valence-electron chi connectivity index (χ1n) is 6.73. The third kappa shape index (κ3) is 4.90. The highest BCUT2D eigenvalue weighted by atomic mass is 16.5. The van der Waals surface area contributed by atoms with Crippen LogP contribution >= 0.6 is 0 Å². The summed E-state index contributed by atoms with van der Waals surface area (Å²) in [7, 11) is 0.